The molecule has 5 nitrogen and oxygen atoms in total. The molecule has 0 radical (unpaired) electrons. The van der Waals surface area contributed by atoms with Gasteiger partial charge in [-0.25, -0.2) is 0 Å². The molecular weight excluding hydrogens is 224 g/mol. The largest absolute Gasteiger partial charge is 0.481 e. The van der Waals surface area contributed by atoms with Gasteiger partial charge < -0.3 is 19.3 Å². The summed E-state index contributed by atoms with van der Waals surface area (Å²) in [4.78, 5) is 10.6. The highest BCUT2D eigenvalue weighted by atomic mass is 16.7. The number of carboxylic acid groups (broad SMARTS) is 1. The van der Waals surface area contributed by atoms with E-state index in [2.05, 4.69) is 0 Å². The third-order valence-corrected chi connectivity index (χ3v) is 2.50. The van der Waals surface area contributed by atoms with Crippen molar-refractivity contribution in [1.82, 2.24) is 0 Å². The van der Waals surface area contributed by atoms with Gasteiger partial charge in [0.25, 0.3) is 0 Å². The summed E-state index contributed by atoms with van der Waals surface area (Å²) in [5, 5.41) is 8.69. The summed E-state index contributed by atoms with van der Waals surface area (Å²) in [5.41, 5.74) is 0.937. The maximum absolute atomic E-state index is 10.6. The van der Waals surface area contributed by atoms with Gasteiger partial charge in [0, 0.05) is 0 Å². The number of hydrogen-bond donors (Lipinski definition) is 1. The van der Waals surface area contributed by atoms with Crippen molar-refractivity contribution in [2.75, 3.05) is 13.4 Å². The van der Waals surface area contributed by atoms with Crippen LogP contribution >= 0.6 is 0 Å². The van der Waals surface area contributed by atoms with Gasteiger partial charge >= 0.3 is 5.97 Å². The van der Waals surface area contributed by atoms with Crippen LogP contribution < -0.4 is 9.47 Å². The summed E-state index contributed by atoms with van der Waals surface area (Å²) in [6, 6.07) is 5.54. The molecular formula is C12H14O5. The summed E-state index contributed by atoms with van der Waals surface area (Å²) >= 11 is 0. The lowest BCUT2D eigenvalue weighted by Crippen LogP contribution is -2.15. The molecule has 0 fully saturated rings. The Bertz CT molecular complexity index is 415. The fraction of sp³-hybridized carbons (Fsp3) is 0.417. The maximum Gasteiger partial charge on any atom is 0.308 e. The first-order valence-corrected chi connectivity index (χ1v) is 5.36. The van der Waals surface area contributed by atoms with Crippen LogP contribution in [-0.2, 0) is 16.1 Å². The van der Waals surface area contributed by atoms with Crippen molar-refractivity contribution in [2.45, 2.75) is 13.5 Å². The standard InChI is InChI=1S/C12H14O5/c1-8(12(13)14)5-15-6-9-2-3-10-11(4-9)17-7-16-10/h2-4,8H,5-7H2,1H3,(H,13,14). The Morgan fingerprint density at radius 3 is 3.00 bits per heavy atom. The van der Waals surface area contributed by atoms with Crippen molar-refractivity contribution in [3.8, 4) is 11.5 Å². The lowest BCUT2D eigenvalue weighted by molar-refractivity contribution is -0.143. The van der Waals surface area contributed by atoms with E-state index in [0.29, 0.717) is 12.4 Å². The molecule has 0 aromatic heterocycles. The maximum atomic E-state index is 10.6. The van der Waals surface area contributed by atoms with Crippen LogP contribution in [-0.4, -0.2) is 24.5 Å². The molecule has 1 aromatic carbocycles. The predicted molar refractivity (Wildman–Crippen MR) is 59.0 cm³/mol. The van der Waals surface area contributed by atoms with Gasteiger partial charge in [-0.3, -0.25) is 4.79 Å². The molecule has 0 aliphatic carbocycles. The second-order valence-electron chi connectivity index (χ2n) is 3.94. The third kappa shape index (κ3) is 2.88. The van der Waals surface area contributed by atoms with E-state index in [1.807, 2.05) is 18.2 Å². The number of aliphatic carboxylic acids is 1. The van der Waals surface area contributed by atoms with E-state index < -0.39 is 11.9 Å². The topological polar surface area (TPSA) is 65.0 Å². The number of ether oxygens (including phenoxy) is 3. The zero-order valence-corrected chi connectivity index (χ0v) is 9.51. The lowest BCUT2D eigenvalue weighted by Gasteiger charge is -2.08. The van der Waals surface area contributed by atoms with E-state index in [1.165, 1.54) is 0 Å². The fourth-order valence-corrected chi connectivity index (χ4v) is 1.46. The second-order valence-corrected chi connectivity index (χ2v) is 3.94. The minimum Gasteiger partial charge on any atom is -0.481 e. The van der Waals surface area contributed by atoms with Gasteiger partial charge in [0.15, 0.2) is 11.5 Å². The van der Waals surface area contributed by atoms with Crippen LogP contribution in [0.3, 0.4) is 0 Å². The summed E-state index contributed by atoms with van der Waals surface area (Å²) < 4.78 is 15.7. The lowest BCUT2D eigenvalue weighted by atomic mass is 10.2. The van der Waals surface area contributed by atoms with Gasteiger partial charge in [-0.15, -0.1) is 0 Å². The molecule has 0 bridgehead atoms. The van der Waals surface area contributed by atoms with Gasteiger partial charge in [-0.1, -0.05) is 6.07 Å². The zero-order chi connectivity index (χ0) is 12.3. The van der Waals surface area contributed by atoms with E-state index in [-0.39, 0.29) is 13.4 Å². The van der Waals surface area contributed by atoms with E-state index in [4.69, 9.17) is 19.3 Å². The Morgan fingerprint density at radius 2 is 2.24 bits per heavy atom. The van der Waals surface area contributed by atoms with Crippen LogP contribution in [0, 0.1) is 5.92 Å². The molecule has 1 heterocycles. The molecule has 17 heavy (non-hydrogen) atoms. The number of benzene rings is 1. The second kappa shape index (κ2) is 5.05. The normalized spacial score (nSPS) is 14.6. The molecule has 1 aromatic rings. The monoisotopic (exact) mass is 238 g/mol. The van der Waals surface area contributed by atoms with Gasteiger partial charge in [0.05, 0.1) is 19.1 Å². The van der Waals surface area contributed by atoms with Crippen molar-refractivity contribution in [3.63, 3.8) is 0 Å². The number of fused-ring (bicyclic) bond motifs is 1. The van der Waals surface area contributed by atoms with Crippen molar-refractivity contribution in [2.24, 2.45) is 5.92 Å². The highest BCUT2D eigenvalue weighted by Crippen LogP contribution is 2.32. The molecule has 5 heteroatoms. The SMILES string of the molecule is CC(COCc1ccc2c(c1)OCO2)C(=O)O. The molecule has 1 unspecified atom stereocenters. The summed E-state index contributed by atoms with van der Waals surface area (Å²) in [5.74, 6) is 0.0877. The van der Waals surface area contributed by atoms with Crippen LogP contribution in [0.1, 0.15) is 12.5 Å². The van der Waals surface area contributed by atoms with E-state index in [0.717, 1.165) is 11.3 Å². The Balaban J connectivity index is 1.85. The van der Waals surface area contributed by atoms with Crippen LogP contribution in [0.15, 0.2) is 18.2 Å². The summed E-state index contributed by atoms with van der Waals surface area (Å²) in [7, 11) is 0. The highest BCUT2D eigenvalue weighted by Gasteiger charge is 2.14. The van der Waals surface area contributed by atoms with Gasteiger partial charge in [0.1, 0.15) is 0 Å². The van der Waals surface area contributed by atoms with E-state index in [9.17, 15) is 4.79 Å². The Labute approximate surface area is 98.9 Å². The third-order valence-electron chi connectivity index (χ3n) is 2.50. The van der Waals surface area contributed by atoms with Crippen LogP contribution in [0.2, 0.25) is 0 Å². The van der Waals surface area contributed by atoms with Crippen molar-refractivity contribution in [1.29, 1.82) is 0 Å². The molecule has 0 saturated carbocycles. The summed E-state index contributed by atoms with van der Waals surface area (Å²) in [6.07, 6.45) is 0. The van der Waals surface area contributed by atoms with Crippen molar-refractivity contribution >= 4 is 5.97 Å². The van der Waals surface area contributed by atoms with E-state index in [1.54, 1.807) is 6.92 Å². The molecule has 0 saturated heterocycles. The molecule has 1 atom stereocenters. The first-order valence-electron chi connectivity index (χ1n) is 5.36. The molecule has 2 rings (SSSR count). The molecule has 92 valence electrons. The predicted octanol–water partition coefficient (Wildman–Crippen LogP) is 1.65. The molecule has 0 spiro atoms. The zero-order valence-electron chi connectivity index (χ0n) is 9.51. The Hall–Kier alpha value is -1.75. The smallest absolute Gasteiger partial charge is 0.308 e. The van der Waals surface area contributed by atoms with Crippen molar-refractivity contribution < 1.29 is 24.1 Å². The quantitative estimate of drug-likeness (QED) is 0.845. The fourth-order valence-electron chi connectivity index (χ4n) is 1.46. The Kier molecular flexibility index (Phi) is 3.49. The van der Waals surface area contributed by atoms with E-state index >= 15 is 0 Å². The summed E-state index contributed by atoms with van der Waals surface area (Å²) in [6.45, 7) is 2.43. The number of carbonyl (C=O) groups is 1. The average molecular weight is 238 g/mol. The average Bonchev–Trinajstić information content (AvgIpc) is 2.75. The minimum absolute atomic E-state index is 0.198. The minimum atomic E-state index is -0.851. The number of hydrogen-bond acceptors (Lipinski definition) is 4. The molecule has 1 N–H and O–H groups in total. The molecule has 1 aliphatic rings. The van der Waals surface area contributed by atoms with Crippen molar-refractivity contribution in [3.05, 3.63) is 23.8 Å². The molecule has 1 aliphatic heterocycles. The Morgan fingerprint density at radius 1 is 1.47 bits per heavy atom. The first-order chi connectivity index (χ1) is 8.16. The highest BCUT2D eigenvalue weighted by molar-refractivity contribution is 5.69. The van der Waals surface area contributed by atoms with Gasteiger partial charge in [-0.05, 0) is 24.6 Å². The van der Waals surface area contributed by atoms with Crippen LogP contribution in [0.4, 0.5) is 0 Å². The van der Waals surface area contributed by atoms with Crippen LogP contribution in [0.5, 0.6) is 11.5 Å². The van der Waals surface area contributed by atoms with Gasteiger partial charge in [0.2, 0.25) is 6.79 Å². The molecule has 0 amide bonds. The first kappa shape index (κ1) is 11.7. The number of rotatable bonds is 5. The van der Waals surface area contributed by atoms with Crippen LogP contribution in [0.25, 0.3) is 0 Å². The number of carboxylic acids is 1. The van der Waals surface area contributed by atoms with Gasteiger partial charge in [-0.2, -0.15) is 0 Å².